The standard InChI is InChI=1S/C32H29ClN6O2/c1-39(2)15-7-14-30(40)36-24-11-6-9-22(18-24)32(41)37-23-10-5-8-21(16-23)17-29-35-20-27(33)31(38-29)26-19-34-28-13-4-3-12-25(26)28/h3-14,16,18-20,34H,15,17H2,1-2H3,(H,36,40)(H,37,41)/b14-7+. The first-order valence-corrected chi connectivity index (χ1v) is 13.4. The number of para-hydroxylation sites is 1. The van der Waals surface area contributed by atoms with Crippen LogP contribution in [0.4, 0.5) is 11.4 Å². The van der Waals surface area contributed by atoms with Gasteiger partial charge in [-0.15, -0.1) is 0 Å². The number of nitrogens with one attached hydrogen (secondary N) is 3. The molecule has 0 fully saturated rings. The quantitative estimate of drug-likeness (QED) is 0.186. The van der Waals surface area contributed by atoms with Crippen LogP contribution in [0.3, 0.4) is 0 Å². The molecule has 0 aliphatic heterocycles. The number of halogens is 1. The molecule has 2 aromatic heterocycles. The summed E-state index contributed by atoms with van der Waals surface area (Å²) in [5.41, 5.74) is 5.12. The molecular formula is C32H29ClN6O2. The van der Waals surface area contributed by atoms with Crippen molar-refractivity contribution in [2.75, 3.05) is 31.3 Å². The number of likely N-dealkylation sites (N-methyl/N-ethyl adjacent to an activating group) is 1. The number of nitrogens with zero attached hydrogens (tertiary/aromatic N) is 3. The molecule has 8 nitrogen and oxygen atoms in total. The molecule has 3 aromatic carbocycles. The van der Waals surface area contributed by atoms with Crippen LogP contribution < -0.4 is 10.6 Å². The van der Waals surface area contributed by atoms with E-state index in [0.717, 1.165) is 22.0 Å². The zero-order valence-corrected chi connectivity index (χ0v) is 23.4. The number of hydrogen-bond donors (Lipinski definition) is 3. The van der Waals surface area contributed by atoms with Gasteiger partial charge in [-0.25, -0.2) is 9.97 Å². The molecule has 2 heterocycles. The van der Waals surface area contributed by atoms with Crippen LogP contribution in [0.2, 0.25) is 5.02 Å². The van der Waals surface area contributed by atoms with Gasteiger partial charge in [0.25, 0.3) is 5.91 Å². The number of hydrogen-bond acceptors (Lipinski definition) is 5. The van der Waals surface area contributed by atoms with Gasteiger partial charge in [0.1, 0.15) is 5.82 Å². The summed E-state index contributed by atoms with van der Waals surface area (Å²) in [6.07, 6.45) is 7.24. The van der Waals surface area contributed by atoms with Crippen molar-refractivity contribution in [2.24, 2.45) is 0 Å². The van der Waals surface area contributed by atoms with Crippen molar-refractivity contribution >= 4 is 45.7 Å². The van der Waals surface area contributed by atoms with Crippen molar-refractivity contribution in [1.29, 1.82) is 0 Å². The first kappa shape index (κ1) is 27.8. The summed E-state index contributed by atoms with van der Waals surface area (Å²) in [5, 5.41) is 7.24. The zero-order valence-electron chi connectivity index (χ0n) is 22.7. The topological polar surface area (TPSA) is 103 Å². The molecule has 3 N–H and O–H groups in total. The van der Waals surface area contributed by atoms with E-state index in [4.69, 9.17) is 16.6 Å². The van der Waals surface area contributed by atoms with E-state index in [9.17, 15) is 9.59 Å². The Labute approximate surface area is 243 Å². The van der Waals surface area contributed by atoms with Crippen LogP contribution in [-0.4, -0.2) is 52.3 Å². The van der Waals surface area contributed by atoms with Gasteiger partial charge in [-0.2, -0.15) is 0 Å². The third kappa shape index (κ3) is 7.05. The minimum absolute atomic E-state index is 0.255. The lowest BCUT2D eigenvalue weighted by Crippen LogP contribution is -2.14. The van der Waals surface area contributed by atoms with E-state index in [1.54, 1.807) is 36.5 Å². The SMILES string of the molecule is CN(C)C/C=C/C(=O)Nc1cccc(C(=O)Nc2cccc(Cc3ncc(Cl)c(-c4c[nH]c5ccccc45)n3)c2)c1. The summed E-state index contributed by atoms with van der Waals surface area (Å²) in [4.78, 5) is 39.6. The molecule has 0 aliphatic rings. The number of H-pyrrole nitrogens is 1. The van der Waals surface area contributed by atoms with E-state index in [1.807, 2.05) is 73.7 Å². The Morgan fingerprint density at radius 1 is 0.976 bits per heavy atom. The van der Waals surface area contributed by atoms with Gasteiger partial charge in [0.15, 0.2) is 0 Å². The average molecular weight is 565 g/mol. The van der Waals surface area contributed by atoms with Crippen molar-refractivity contribution < 1.29 is 9.59 Å². The van der Waals surface area contributed by atoms with Crippen molar-refractivity contribution in [3.05, 3.63) is 119 Å². The lowest BCUT2D eigenvalue weighted by molar-refractivity contribution is -0.111. The maximum Gasteiger partial charge on any atom is 0.255 e. The van der Waals surface area contributed by atoms with E-state index in [-0.39, 0.29) is 11.8 Å². The zero-order chi connectivity index (χ0) is 28.8. The average Bonchev–Trinajstić information content (AvgIpc) is 3.38. The largest absolute Gasteiger partial charge is 0.360 e. The molecular weight excluding hydrogens is 536 g/mol. The van der Waals surface area contributed by atoms with E-state index < -0.39 is 0 Å². The molecule has 5 rings (SSSR count). The number of aromatic nitrogens is 3. The Balaban J connectivity index is 1.27. The molecule has 0 radical (unpaired) electrons. The lowest BCUT2D eigenvalue weighted by atomic mass is 10.1. The summed E-state index contributed by atoms with van der Waals surface area (Å²) in [7, 11) is 3.85. The van der Waals surface area contributed by atoms with Gasteiger partial charge in [0.05, 0.1) is 10.7 Å². The van der Waals surface area contributed by atoms with Gasteiger partial charge in [0, 0.05) is 64.8 Å². The number of anilines is 2. The van der Waals surface area contributed by atoms with Gasteiger partial charge in [-0.05, 0) is 56.1 Å². The molecule has 0 spiro atoms. The van der Waals surface area contributed by atoms with Crippen LogP contribution in [-0.2, 0) is 11.2 Å². The molecule has 2 amide bonds. The molecule has 0 aliphatic carbocycles. The summed E-state index contributed by atoms with van der Waals surface area (Å²) in [6.45, 7) is 0.657. The summed E-state index contributed by atoms with van der Waals surface area (Å²) >= 11 is 6.49. The fourth-order valence-electron chi connectivity index (χ4n) is 4.38. The van der Waals surface area contributed by atoms with Gasteiger partial charge in [0.2, 0.25) is 5.91 Å². The molecule has 0 unspecified atom stereocenters. The molecule has 0 atom stereocenters. The Morgan fingerprint density at radius 3 is 2.59 bits per heavy atom. The summed E-state index contributed by atoms with van der Waals surface area (Å²) in [6, 6.07) is 22.3. The third-order valence-corrected chi connectivity index (χ3v) is 6.59. The van der Waals surface area contributed by atoms with Crippen LogP contribution in [0.5, 0.6) is 0 Å². The molecule has 41 heavy (non-hydrogen) atoms. The number of aromatic amines is 1. The van der Waals surface area contributed by atoms with Gasteiger partial charge in [-0.1, -0.05) is 54.1 Å². The fraction of sp³-hybridized carbons (Fsp3) is 0.125. The number of amides is 2. The predicted octanol–water partition coefficient (Wildman–Crippen LogP) is 6.18. The van der Waals surface area contributed by atoms with Crippen LogP contribution in [0.1, 0.15) is 21.7 Å². The van der Waals surface area contributed by atoms with Crippen molar-refractivity contribution in [1.82, 2.24) is 19.9 Å². The number of benzene rings is 3. The number of carbonyl (C=O) groups excluding carboxylic acids is 2. The highest BCUT2D eigenvalue weighted by Crippen LogP contribution is 2.32. The number of fused-ring (bicyclic) bond motifs is 1. The Bertz CT molecular complexity index is 1740. The Kier molecular flexibility index (Phi) is 8.53. The van der Waals surface area contributed by atoms with E-state index in [1.165, 1.54) is 6.08 Å². The first-order chi connectivity index (χ1) is 19.9. The van der Waals surface area contributed by atoms with Crippen molar-refractivity contribution in [2.45, 2.75) is 6.42 Å². The smallest absolute Gasteiger partial charge is 0.255 e. The Morgan fingerprint density at radius 2 is 1.76 bits per heavy atom. The van der Waals surface area contributed by atoms with Crippen molar-refractivity contribution in [3.63, 3.8) is 0 Å². The van der Waals surface area contributed by atoms with Crippen LogP contribution in [0.25, 0.3) is 22.2 Å². The maximum atomic E-state index is 13.0. The molecule has 0 saturated carbocycles. The summed E-state index contributed by atoms with van der Waals surface area (Å²) in [5.74, 6) is 0.0707. The lowest BCUT2D eigenvalue weighted by Gasteiger charge is -2.10. The van der Waals surface area contributed by atoms with Gasteiger partial charge in [-0.3, -0.25) is 9.59 Å². The molecule has 9 heteroatoms. The molecule has 0 saturated heterocycles. The fourth-order valence-corrected chi connectivity index (χ4v) is 4.58. The monoisotopic (exact) mass is 564 g/mol. The number of rotatable bonds is 9. The highest BCUT2D eigenvalue weighted by Gasteiger charge is 2.14. The van der Waals surface area contributed by atoms with E-state index >= 15 is 0 Å². The van der Waals surface area contributed by atoms with E-state index in [0.29, 0.717) is 46.4 Å². The molecule has 206 valence electrons. The predicted molar refractivity (Wildman–Crippen MR) is 164 cm³/mol. The van der Waals surface area contributed by atoms with Gasteiger partial charge < -0.3 is 20.5 Å². The highest BCUT2D eigenvalue weighted by molar-refractivity contribution is 6.33. The highest BCUT2D eigenvalue weighted by atomic mass is 35.5. The van der Waals surface area contributed by atoms with Crippen LogP contribution in [0.15, 0.2) is 97.3 Å². The molecule has 0 bridgehead atoms. The van der Waals surface area contributed by atoms with E-state index in [2.05, 4.69) is 20.6 Å². The Hall–Kier alpha value is -4.79. The minimum atomic E-state index is -0.286. The number of carbonyl (C=O) groups is 2. The maximum absolute atomic E-state index is 13.0. The first-order valence-electron chi connectivity index (χ1n) is 13.1. The second-order valence-electron chi connectivity index (χ2n) is 9.80. The second kappa shape index (κ2) is 12.6. The normalized spacial score (nSPS) is 11.3. The minimum Gasteiger partial charge on any atom is -0.360 e. The van der Waals surface area contributed by atoms with Crippen molar-refractivity contribution in [3.8, 4) is 11.3 Å². The third-order valence-electron chi connectivity index (χ3n) is 6.32. The molecule has 5 aromatic rings. The van der Waals surface area contributed by atoms with Crippen LogP contribution >= 0.6 is 11.6 Å². The second-order valence-corrected chi connectivity index (χ2v) is 10.2. The van der Waals surface area contributed by atoms with Gasteiger partial charge >= 0.3 is 0 Å². The van der Waals surface area contributed by atoms with Crippen LogP contribution in [0, 0.1) is 0 Å². The summed E-state index contributed by atoms with van der Waals surface area (Å²) < 4.78 is 0.